The highest BCUT2D eigenvalue weighted by Crippen LogP contribution is 2.16. The van der Waals surface area contributed by atoms with E-state index < -0.39 is 0 Å². The molecule has 1 heterocycles. The van der Waals surface area contributed by atoms with Crippen LogP contribution in [-0.2, 0) is 13.1 Å². The molecule has 0 bridgehead atoms. The molecule has 0 radical (unpaired) electrons. The van der Waals surface area contributed by atoms with Gasteiger partial charge in [-0.3, -0.25) is 0 Å². The van der Waals surface area contributed by atoms with Gasteiger partial charge in [0.1, 0.15) is 0 Å². The van der Waals surface area contributed by atoms with Crippen LogP contribution in [0.15, 0.2) is 41.0 Å². The van der Waals surface area contributed by atoms with Gasteiger partial charge in [0, 0.05) is 23.8 Å². The Hall–Kier alpha value is -1.26. The zero-order valence-electron chi connectivity index (χ0n) is 9.65. The summed E-state index contributed by atoms with van der Waals surface area (Å²) >= 11 is 3.50. The lowest BCUT2D eigenvalue weighted by molar-refractivity contribution is 0.670. The average molecular weight is 292 g/mol. The van der Waals surface area contributed by atoms with Crippen molar-refractivity contribution in [3.05, 3.63) is 57.8 Å². The standard InChI is InChI=1S/C13H14BrN3/c1-10-7-11(4-5-13(10)14)8-15-9-12-3-2-6-16-17-12/h2-7,15H,8-9H2,1H3. The minimum Gasteiger partial charge on any atom is -0.307 e. The summed E-state index contributed by atoms with van der Waals surface area (Å²) in [6.45, 7) is 3.67. The van der Waals surface area contributed by atoms with E-state index in [1.165, 1.54) is 11.1 Å². The number of nitrogens with zero attached hydrogens (tertiary/aromatic N) is 2. The first kappa shape index (κ1) is 12.2. The van der Waals surface area contributed by atoms with E-state index in [0.717, 1.165) is 23.3 Å². The SMILES string of the molecule is Cc1cc(CNCc2cccnn2)ccc1Br. The van der Waals surface area contributed by atoms with E-state index in [2.05, 4.69) is 56.6 Å². The molecule has 0 unspecified atom stereocenters. The van der Waals surface area contributed by atoms with Crippen LogP contribution in [0.2, 0.25) is 0 Å². The van der Waals surface area contributed by atoms with Crippen molar-refractivity contribution in [2.45, 2.75) is 20.0 Å². The number of nitrogens with one attached hydrogen (secondary N) is 1. The van der Waals surface area contributed by atoms with Crippen LogP contribution in [0.3, 0.4) is 0 Å². The van der Waals surface area contributed by atoms with E-state index in [0.29, 0.717) is 0 Å². The molecule has 0 aliphatic carbocycles. The second-order valence-corrected chi connectivity index (χ2v) is 4.76. The number of benzene rings is 1. The Labute approximate surface area is 109 Å². The lowest BCUT2D eigenvalue weighted by Gasteiger charge is -2.06. The Morgan fingerprint density at radius 2 is 2.12 bits per heavy atom. The van der Waals surface area contributed by atoms with Crippen LogP contribution >= 0.6 is 15.9 Å². The van der Waals surface area contributed by atoms with Crippen molar-refractivity contribution in [1.82, 2.24) is 15.5 Å². The van der Waals surface area contributed by atoms with E-state index in [1.54, 1.807) is 6.20 Å². The van der Waals surface area contributed by atoms with Crippen molar-refractivity contribution in [2.75, 3.05) is 0 Å². The normalized spacial score (nSPS) is 10.5. The van der Waals surface area contributed by atoms with Crippen molar-refractivity contribution < 1.29 is 0 Å². The molecular formula is C13H14BrN3. The summed E-state index contributed by atoms with van der Waals surface area (Å²) in [5.74, 6) is 0. The fourth-order valence-corrected chi connectivity index (χ4v) is 1.83. The van der Waals surface area contributed by atoms with Crippen LogP contribution in [0.25, 0.3) is 0 Å². The third-order valence-electron chi connectivity index (χ3n) is 2.49. The Bertz CT molecular complexity index is 485. The van der Waals surface area contributed by atoms with Gasteiger partial charge in [0.05, 0.1) is 5.69 Å². The van der Waals surface area contributed by atoms with Crippen LogP contribution in [0.5, 0.6) is 0 Å². The number of hydrogen-bond acceptors (Lipinski definition) is 3. The maximum Gasteiger partial charge on any atom is 0.0769 e. The average Bonchev–Trinajstić information content (AvgIpc) is 2.35. The summed E-state index contributed by atoms with van der Waals surface area (Å²) in [5, 5.41) is 11.2. The number of rotatable bonds is 4. The van der Waals surface area contributed by atoms with Gasteiger partial charge >= 0.3 is 0 Å². The third-order valence-corrected chi connectivity index (χ3v) is 3.37. The molecule has 0 saturated heterocycles. The number of aromatic nitrogens is 2. The predicted octanol–water partition coefficient (Wildman–Crippen LogP) is 2.84. The van der Waals surface area contributed by atoms with Crippen LogP contribution in [0.4, 0.5) is 0 Å². The first-order chi connectivity index (χ1) is 8.25. The molecular weight excluding hydrogens is 278 g/mol. The molecule has 1 N–H and O–H groups in total. The minimum atomic E-state index is 0.739. The van der Waals surface area contributed by atoms with Gasteiger partial charge in [-0.05, 0) is 36.2 Å². The second kappa shape index (κ2) is 5.89. The minimum absolute atomic E-state index is 0.739. The Morgan fingerprint density at radius 1 is 1.24 bits per heavy atom. The van der Waals surface area contributed by atoms with E-state index >= 15 is 0 Å². The zero-order chi connectivity index (χ0) is 12.1. The first-order valence-electron chi connectivity index (χ1n) is 5.48. The van der Waals surface area contributed by atoms with E-state index in [1.807, 2.05) is 12.1 Å². The van der Waals surface area contributed by atoms with Gasteiger partial charge in [-0.2, -0.15) is 10.2 Å². The molecule has 0 fully saturated rings. The molecule has 4 heteroatoms. The molecule has 17 heavy (non-hydrogen) atoms. The predicted molar refractivity (Wildman–Crippen MR) is 71.5 cm³/mol. The Kier molecular flexibility index (Phi) is 4.23. The van der Waals surface area contributed by atoms with E-state index in [4.69, 9.17) is 0 Å². The van der Waals surface area contributed by atoms with Gasteiger partial charge in [-0.25, -0.2) is 0 Å². The van der Waals surface area contributed by atoms with Crippen molar-refractivity contribution in [3.63, 3.8) is 0 Å². The van der Waals surface area contributed by atoms with Crippen molar-refractivity contribution >= 4 is 15.9 Å². The maximum atomic E-state index is 4.02. The van der Waals surface area contributed by atoms with Crippen molar-refractivity contribution in [1.29, 1.82) is 0 Å². The highest BCUT2D eigenvalue weighted by Gasteiger charge is 1.98. The highest BCUT2D eigenvalue weighted by atomic mass is 79.9. The monoisotopic (exact) mass is 291 g/mol. The summed E-state index contributed by atoms with van der Waals surface area (Å²) in [6.07, 6.45) is 1.68. The first-order valence-corrected chi connectivity index (χ1v) is 6.27. The molecule has 2 aromatic rings. The third kappa shape index (κ3) is 3.61. The molecule has 0 amide bonds. The van der Waals surface area contributed by atoms with E-state index in [9.17, 15) is 0 Å². The molecule has 1 aromatic carbocycles. The van der Waals surface area contributed by atoms with Crippen LogP contribution in [0, 0.1) is 6.92 Å². The molecule has 1 aromatic heterocycles. The van der Waals surface area contributed by atoms with Gasteiger partial charge in [0.15, 0.2) is 0 Å². The largest absolute Gasteiger partial charge is 0.307 e. The smallest absolute Gasteiger partial charge is 0.0769 e. The highest BCUT2D eigenvalue weighted by molar-refractivity contribution is 9.10. The van der Waals surface area contributed by atoms with Crippen LogP contribution in [-0.4, -0.2) is 10.2 Å². The maximum absolute atomic E-state index is 4.02. The Balaban J connectivity index is 1.88. The number of aryl methyl sites for hydroxylation is 1. The molecule has 0 aliphatic heterocycles. The lowest BCUT2D eigenvalue weighted by Crippen LogP contribution is -2.14. The molecule has 3 nitrogen and oxygen atoms in total. The van der Waals surface area contributed by atoms with Crippen molar-refractivity contribution in [3.8, 4) is 0 Å². The quantitative estimate of drug-likeness (QED) is 0.941. The number of hydrogen-bond donors (Lipinski definition) is 1. The number of halogens is 1. The van der Waals surface area contributed by atoms with Gasteiger partial charge < -0.3 is 5.32 Å². The van der Waals surface area contributed by atoms with Gasteiger partial charge in [-0.15, -0.1) is 0 Å². The summed E-state index contributed by atoms with van der Waals surface area (Å²) in [4.78, 5) is 0. The molecule has 0 spiro atoms. The topological polar surface area (TPSA) is 37.8 Å². The molecule has 2 rings (SSSR count). The van der Waals surface area contributed by atoms with Crippen LogP contribution < -0.4 is 5.32 Å². The fraction of sp³-hybridized carbons (Fsp3) is 0.231. The van der Waals surface area contributed by atoms with Crippen molar-refractivity contribution in [2.24, 2.45) is 0 Å². The summed E-state index contributed by atoms with van der Waals surface area (Å²) < 4.78 is 1.15. The Morgan fingerprint density at radius 3 is 2.82 bits per heavy atom. The van der Waals surface area contributed by atoms with Gasteiger partial charge in [0.25, 0.3) is 0 Å². The molecule has 0 atom stereocenters. The molecule has 0 aliphatic rings. The van der Waals surface area contributed by atoms with Gasteiger partial charge in [0.2, 0.25) is 0 Å². The summed E-state index contributed by atoms with van der Waals surface area (Å²) in [5.41, 5.74) is 3.49. The second-order valence-electron chi connectivity index (χ2n) is 3.90. The lowest BCUT2D eigenvalue weighted by atomic mass is 10.1. The molecule has 0 saturated carbocycles. The molecule has 88 valence electrons. The summed E-state index contributed by atoms with van der Waals surface area (Å²) in [6, 6.07) is 10.2. The van der Waals surface area contributed by atoms with E-state index in [-0.39, 0.29) is 0 Å². The fourth-order valence-electron chi connectivity index (χ4n) is 1.58. The van der Waals surface area contributed by atoms with Crippen LogP contribution in [0.1, 0.15) is 16.8 Å². The van der Waals surface area contributed by atoms with Gasteiger partial charge in [-0.1, -0.05) is 28.1 Å². The zero-order valence-corrected chi connectivity index (χ0v) is 11.2. The summed E-state index contributed by atoms with van der Waals surface area (Å²) in [7, 11) is 0.